The molecule has 0 aliphatic rings. The zero-order valence-corrected chi connectivity index (χ0v) is 14.0. The highest BCUT2D eigenvalue weighted by Crippen LogP contribution is 2.32. The molecule has 0 fully saturated rings. The third-order valence-corrected chi connectivity index (χ3v) is 4.13. The average Bonchev–Trinajstić information content (AvgIpc) is 2.48. The second-order valence-corrected chi connectivity index (χ2v) is 5.74. The van der Waals surface area contributed by atoms with E-state index in [1.165, 1.54) is 6.07 Å². The Labute approximate surface area is 133 Å². The largest absolute Gasteiger partial charge is 0.497 e. The van der Waals surface area contributed by atoms with Gasteiger partial charge in [-0.05, 0) is 48.4 Å². The van der Waals surface area contributed by atoms with Crippen LogP contribution in [-0.4, -0.2) is 13.7 Å². The van der Waals surface area contributed by atoms with Crippen molar-refractivity contribution >= 4 is 15.9 Å². The van der Waals surface area contributed by atoms with Gasteiger partial charge in [0.05, 0.1) is 13.2 Å². The fourth-order valence-corrected chi connectivity index (χ4v) is 2.91. The summed E-state index contributed by atoms with van der Waals surface area (Å²) in [4.78, 5) is 0. The Morgan fingerprint density at radius 1 is 1.24 bits per heavy atom. The predicted octanol–water partition coefficient (Wildman–Crippen LogP) is 4.60. The van der Waals surface area contributed by atoms with Crippen molar-refractivity contribution in [1.29, 1.82) is 0 Å². The maximum absolute atomic E-state index is 13.5. The second-order valence-electron chi connectivity index (χ2n) is 4.89. The molecule has 0 saturated carbocycles. The van der Waals surface area contributed by atoms with Gasteiger partial charge in [-0.15, -0.1) is 0 Å². The summed E-state index contributed by atoms with van der Waals surface area (Å²) in [6.45, 7) is 4.66. The molecule has 0 heterocycles. The maximum atomic E-state index is 13.5. The maximum Gasteiger partial charge on any atom is 0.126 e. The van der Waals surface area contributed by atoms with Crippen LogP contribution < -0.4 is 10.1 Å². The van der Waals surface area contributed by atoms with Crippen LogP contribution in [0, 0.1) is 12.7 Å². The predicted molar refractivity (Wildman–Crippen MR) is 87.4 cm³/mol. The normalized spacial score (nSPS) is 12.2. The van der Waals surface area contributed by atoms with E-state index in [1.54, 1.807) is 14.0 Å². The summed E-state index contributed by atoms with van der Waals surface area (Å²) < 4.78 is 19.7. The molecule has 2 aromatic rings. The molecule has 4 heteroatoms. The number of nitrogens with one attached hydrogen (secondary N) is 1. The van der Waals surface area contributed by atoms with E-state index >= 15 is 0 Å². The van der Waals surface area contributed by atoms with E-state index in [0.29, 0.717) is 5.56 Å². The molecule has 1 N–H and O–H groups in total. The number of hydrogen-bond donors (Lipinski definition) is 1. The van der Waals surface area contributed by atoms with Crippen molar-refractivity contribution in [2.75, 3.05) is 13.7 Å². The van der Waals surface area contributed by atoms with E-state index in [4.69, 9.17) is 4.74 Å². The minimum atomic E-state index is -0.178. The molecule has 1 atom stereocenters. The van der Waals surface area contributed by atoms with Crippen molar-refractivity contribution in [2.24, 2.45) is 0 Å². The lowest BCUT2D eigenvalue weighted by atomic mass is 9.97. The quantitative estimate of drug-likeness (QED) is 0.849. The fourth-order valence-electron chi connectivity index (χ4n) is 2.33. The third-order valence-electron chi connectivity index (χ3n) is 3.44. The van der Waals surface area contributed by atoms with E-state index in [2.05, 4.69) is 28.2 Å². The Morgan fingerprint density at radius 3 is 2.57 bits per heavy atom. The van der Waals surface area contributed by atoms with Gasteiger partial charge in [-0.3, -0.25) is 0 Å². The molecular weight excluding hydrogens is 333 g/mol. The van der Waals surface area contributed by atoms with E-state index in [9.17, 15) is 4.39 Å². The van der Waals surface area contributed by atoms with E-state index in [1.807, 2.05) is 30.3 Å². The number of methoxy groups -OCH3 is 1. The van der Waals surface area contributed by atoms with Crippen LogP contribution in [0.5, 0.6) is 5.75 Å². The zero-order chi connectivity index (χ0) is 15.4. The molecule has 0 bridgehead atoms. The molecular formula is C17H19BrFNO. The summed E-state index contributed by atoms with van der Waals surface area (Å²) in [5.41, 5.74) is 2.80. The molecule has 0 saturated heterocycles. The third kappa shape index (κ3) is 3.63. The van der Waals surface area contributed by atoms with E-state index < -0.39 is 0 Å². The molecule has 0 spiro atoms. The molecule has 2 aromatic carbocycles. The minimum Gasteiger partial charge on any atom is -0.497 e. The first kappa shape index (κ1) is 16.0. The molecule has 1 unspecified atom stereocenters. The average molecular weight is 352 g/mol. The Morgan fingerprint density at radius 2 is 2.00 bits per heavy atom. The SMILES string of the molecule is CCNC(c1ccc(F)c(C)c1)c1ccc(OC)cc1Br. The van der Waals surface area contributed by atoms with Crippen molar-refractivity contribution in [3.8, 4) is 5.75 Å². The van der Waals surface area contributed by atoms with Crippen LogP contribution in [0.25, 0.3) is 0 Å². The van der Waals surface area contributed by atoms with Crippen molar-refractivity contribution in [3.05, 3.63) is 63.4 Å². The number of ether oxygens (including phenoxy) is 1. The highest BCUT2D eigenvalue weighted by molar-refractivity contribution is 9.10. The van der Waals surface area contributed by atoms with Crippen molar-refractivity contribution < 1.29 is 9.13 Å². The fraction of sp³-hybridized carbons (Fsp3) is 0.294. The molecule has 2 nitrogen and oxygen atoms in total. The summed E-state index contributed by atoms with van der Waals surface area (Å²) in [6.07, 6.45) is 0. The van der Waals surface area contributed by atoms with Crippen molar-refractivity contribution in [1.82, 2.24) is 5.32 Å². The molecule has 21 heavy (non-hydrogen) atoms. The molecule has 0 aliphatic heterocycles. The van der Waals surface area contributed by atoms with Gasteiger partial charge in [0.15, 0.2) is 0 Å². The smallest absolute Gasteiger partial charge is 0.126 e. The molecule has 112 valence electrons. The van der Waals surface area contributed by atoms with Crippen LogP contribution >= 0.6 is 15.9 Å². The lowest BCUT2D eigenvalue weighted by molar-refractivity contribution is 0.414. The second kappa shape index (κ2) is 7.05. The number of benzene rings is 2. The highest BCUT2D eigenvalue weighted by atomic mass is 79.9. The topological polar surface area (TPSA) is 21.3 Å². The number of rotatable bonds is 5. The van der Waals surface area contributed by atoms with Gasteiger partial charge in [0, 0.05) is 4.47 Å². The molecule has 0 amide bonds. The van der Waals surface area contributed by atoms with Crippen molar-refractivity contribution in [2.45, 2.75) is 19.9 Å². The van der Waals surface area contributed by atoms with Gasteiger partial charge in [0.25, 0.3) is 0 Å². The zero-order valence-electron chi connectivity index (χ0n) is 12.4. The number of aryl methyl sites for hydroxylation is 1. The Bertz CT molecular complexity index is 630. The number of halogens is 2. The molecule has 2 rings (SSSR count). The van der Waals surface area contributed by atoms with Gasteiger partial charge in [0.2, 0.25) is 0 Å². The molecule has 0 radical (unpaired) electrons. The highest BCUT2D eigenvalue weighted by Gasteiger charge is 2.17. The lowest BCUT2D eigenvalue weighted by Crippen LogP contribution is -2.22. The van der Waals surface area contributed by atoms with Gasteiger partial charge >= 0.3 is 0 Å². The van der Waals surface area contributed by atoms with Gasteiger partial charge in [0.1, 0.15) is 11.6 Å². The van der Waals surface area contributed by atoms with Crippen LogP contribution in [0.3, 0.4) is 0 Å². The van der Waals surface area contributed by atoms with Crippen LogP contribution in [-0.2, 0) is 0 Å². The Hall–Kier alpha value is -1.39. The first-order chi connectivity index (χ1) is 10.1. The summed E-state index contributed by atoms with van der Waals surface area (Å²) >= 11 is 3.59. The van der Waals surface area contributed by atoms with Gasteiger partial charge in [-0.2, -0.15) is 0 Å². The monoisotopic (exact) mass is 351 g/mol. The van der Waals surface area contributed by atoms with Crippen LogP contribution in [0.2, 0.25) is 0 Å². The lowest BCUT2D eigenvalue weighted by Gasteiger charge is -2.21. The summed E-state index contributed by atoms with van der Waals surface area (Å²) in [7, 11) is 1.65. The minimum absolute atomic E-state index is 0.00887. The van der Waals surface area contributed by atoms with Crippen LogP contribution in [0.1, 0.15) is 29.7 Å². The van der Waals surface area contributed by atoms with Gasteiger partial charge in [-0.25, -0.2) is 4.39 Å². The first-order valence-corrected chi connectivity index (χ1v) is 7.69. The summed E-state index contributed by atoms with van der Waals surface area (Å²) in [6, 6.07) is 11.1. The van der Waals surface area contributed by atoms with Crippen molar-refractivity contribution in [3.63, 3.8) is 0 Å². The van der Waals surface area contributed by atoms with Gasteiger partial charge < -0.3 is 10.1 Å². The Balaban J connectivity index is 2.45. The van der Waals surface area contributed by atoms with Crippen LogP contribution in [0.4, 0.5) is 4.39 Å². The van der Waals surface area contributed by atoms with E-state index in [0.717, 1.165) is 27.9 Å². The van der Waals surface area contributed by atoms with Crippen LogP contribution in [0.15, 0.2) is 40.9 Å². The Kier molecular flexibility index (Phi) is 5.37. The number of hydrogen-bond acceptors (Lipinski definition) is 2. The van der Waals surface area contributed by atoms with E-state index in [-0.39, 0.29) is 11.9 Å². The first-order valence-electron chi connectivity index (χ1n) is 6.89. The molecule has 0 aliphatic carbocycles. The summed E-state index contributed by atoms with van der Waals surface area (Å²) in [5, 5.41) is 3.45. The van der Waals surface area contributed by atoms with Gasteiger partial charge in [-0.1, -0.05) is 41.1 Å². The molecule has 0 aromatic heterocycles. The standard InChI is InChI=1S/C17H19BrFNO/c1-4-20-17(12-5-8-16(19)11(2)9-12)14-7-6-13(21-3)10-15(14)18/h5-10,17,20H,4H2,1-3H3. The summed E-state index contributed by atoms with van der Waals surface area (Å²) in [5.74, 6) is 0.624.